The van der Waals surface area contributed by atoms with E-state index in [4.69, 9.17) is 0 Å². The lowest BCUT2D eigenvalue weighted by molar-refractivity contribution is 0.0878. The van der Waals surface area contributed by atoms with Gasteiger partial charge in [-0.1, -0.05) is 6.92 Å². The maximum Gasteiger partial charge on any atom is 0.259 e. The summed E-state index contributed by atoms with van der Waals surface area (Å²) in [4.78, 5) is 37.2. The molecule has 0 bridgehead atoms. The molecule has 2 aromatic rings. The van der Waals surface area contributed by atoms with E-state index >= 15 is 0 Å². The molecule has 1 aliphatic heterocycles. The Balaban J connectivity index is 1.59. The first-order valence-corrected chi connectivity index (χ1v) is 8.81. The summed E-state index contributed by atoms with van der Waals surface area (Å²) in [5, 5.41) is 7.01. The van der Waals surface area contributed by atoms with Crippen LogP contribution >= 0.6 is 11.3 Å². The largest absolute Gasteiger partial charge is 0.322 e. The minimum atomic E-state index is -0.423. The molecule has 0 radical (unpaired) electrons. The number of hydrogen-bond donors (Lipinski definition) is 2. The lowest BCUT2D eigenvalue weighted by Gasteiger charge is -2.18. The van der Waals surface area contributed by atoms with E-state index in [0.717, 1.165) is 30.4 Å². The summed E-state index contributed by atoms with van der Waals surface area (Å²) in [6.45, 7) is 2.24. The zero-order valence-electron chi connectivity index (χ0n) is 13.1. The third kappa shape index (κ3) is 2.43. The van der Waals surface area contributed by atoms with Gasteiger partial charge >= 0.3 is 0 Å². The van der Waals surface area contributed by atoms with Gasteiger partial charge < -0.3 is 5.32 Å². The van der Waals surface area contributed by atoms with E-state index in [1.54, 1.807) is 29.5 Å². The molecular formula is C18H16N2O3S. The molecule has 0 saturated carbocycles. The number of carbonyl (C=O) groups excluding carboxylic acids is 3. The predicted octanol–water partition coefficient (Wildman–Crippen LogP) is 3.01. The number of rotatable bonds is 2. The van der Waals surface area contributed by atoms with Crippen molar-refractivity contribution in [3.8, 4) is 0 Å². The van der Waals surface area contributed by atoms with Crippen LogP contribution in [0.2, 0.25) is 0 Å². The number of carbonyl (C=O) groups is 3. The minimum Gasteiger partial charge on any atom is -0.322 e. The maximum absolute atomic E-state index is 12.6. The van der Waals surface area contributed by atoms with E-state index in [0.29, 0.717) is 22.7 Å². The fraction of sp³-hybridized carbons (Fsp3) is 0.278. The first-order valence-electron chi connectivity index (χ1n) is 7.93. The quantitative estimate of drug-likeness (QED) is 0.825. The molecule has 2 N–H and O–H groups in total. The van der Waals surface area contributed by atoms with Crippen LogP contribution in [0, 0.1) is 5.92 Å². The van der Waals surface area contributed by atoms with Gasteiger partial charge in [0.1, 0.15) is 0 Å². The lowest BCUT2D eigenvalue weighted by Crippen LogP contribution is -2.19. The number of amides is 3. The molecule has 24 heavy (non-hydrogen) atoms. The Bertz CT molecular complexity index is 884. The number of nitrogens with one attached hydrogen (secondary N) is 2. The second kappa shape index (κ2) is 5.56. The van der Waals surface area contributed by atoms with Crippen molar-refractivity contribution < 1.29 is 14.4 Å². The van der Waals surface area contributed by atoms with Crippen LogP contribution < -0.4 is 10.6 Å². The van der Waals surface area contributed by atoms with E-state index in [-0.39, 0.29) is 5.91 Å². The van der Waals surface area contributed by atoms with Crippen LogP contribution in [-0.2, 0) is 12.8 Å². The van der Waals surface area contributed by atoms with Crippen LogP contribution in [0.5, 0.6) is 0 Å². The van der Waals surface area contributed by atoms with Gasteiger partial charge in [0.2, 0.25) is 0 Å². The van der Waals surface area contributed by atoms with E-state index in [1.807, 2.05) is 5.38 Å². The van der Waals surface area contributed by atoms with Crippen molar-refractivity contribution >= 4 is 34.7 Å². The summed E-state index contributed by atoms with van der Waals surface area (Å²) in [6.07, 6.45) is 3.07. The lowest BCUT2D eigenvalue weighted by atomic mass is 9.88. The molecule has 122 valence electrons. The Morgan fingerprint density at radius 3 is 2.88 bits per heavy atom. The van der Waals surface area contributed by atoms with Gasteiger partial charge in [0.25, 0.3) is 17.7 Å². The maximum atomic E-state index is 12.6. The summed E-state index contributed by atoms with van der Waals surface area (Å²) in [5.41, 5.74) is 3.05. The zero-order chi connectivity index (χ0) is 16.8. The molecule has 0 fully saturated rings. The average molecular weight is 340 g/mol. The van der Waals surface area contributed by atoms with Gasteiger partial charge in [-0.15, -0.1) is 11.3 Å². The van der Waals surface area contributed by atoms with Crippen molar-refractivity contribution in [2.75, 3.05) is 5.32 Å². The summed E-state index contributed by atoms with van der Waals surface area (Å²) >= 11 is 1.65. The van der Waals surface area contributed by atoms with Gasteiger partial charge in [-0.25, -0.2) is 0 Å². The monoisotopic (exact) mass is 340 g/mol. The molecule has 0 saturated heterocycles. The second-order valence-electron chi connectivity index (χ2n) is 6.40. The highest BCUT2D eigenvalue weighted by molar-refractivity contribution is 7.10. The van der Waals surface area contributed by atoms with Crippen molar-refractivity contribution in [1.29, 1.82) is 0 Å². The van der Waals surface area contributed by atoms with Crippen LogP contribution in [0.4, 0.5) is 5.69 Å². The molecule has 1 aliphatic carbocycles. The highest BCUT2D eigenvalue weighted by atomic mass is 32.1. The van der Waals surface area contributed by atoms with Crippen LogP contribution in [0.25, 0.3) is 0 Å². The number of thiophene rings is 1. The van der Waals surface area contributed by atoms with E-state index in [2.05, 4.69) is 17.6 Å². The predicted molar refractivity (Wildman–Crippen MR) is 91.7 cm³/mol. The Morgan fingerprint density at radius 2 is 2.04 bits per heavy atom. The standard InChI is InChI=1S/C18H16N2O3S/c1-9-2-4-11-14(8-24-15(11)6-9)18(23)19-10-3-5-12-13(7-10)17(22)20-16(12)21/h3,5,7-9H,2,4,6H2,1H3,(H,19,23)(H,20,21,22)/t9-/m0/s1. The molecular weight excluding hydrogens is 324 g/mol. The normalized spacial score (nSPS) is 18.8. The fourth-order valence-corrected chi connectivity index (χ4v) is 4.56. The van der Waals surface area contributed by atoms with E-state index < -0.39 is 11.8 Å². The molecule has 1 aromatic heterocycles. The van der Waals surface area contributed by atoms with Crippen molar-refractivity contribution in [3.05, 3.63) is 50.7 Å². The van der Waals surface area contributed by atoms with Crippen molar-refractivity contribution in [1.82, 2.24) is 5.32 Å². The molecule has 0 spiro atoms. The molecule has 3 amide bonds. The topological polar surface area (TPSA) is 75.3 Å². The summed E-state index contributed by atoms with van der Waals surface area (Å²) in [7, 11) is 0. The average Bonchev–Trinajstić information content (AvgIpc) is 3.08. The van der Waals surface area contributed by atoms with Crippen molar-refractivity contribution in [3.63, 3.8) is 0 Å². The molecule has 6 heteroatoms. The first kappa shape index (κ1) is 15.1. The number of imide groups is 1. The molecule has 1 aromatic carbocycles. The molecule has 2 aliphatic rings. The number of anilines is 1. The third-order valence-corrected chi connectivity index (χ3v) is 5.69. The second-order valence-corrected chi connectivity index (χ2v) is 7.36. The number of hydrogen-bond acceptors (Lipinski definition) is 4. The van der Waals surface area contributed by atoms with Crippen LogP contribution in [0.1, 0.15) is 54.9 Å². The van der Waals surface area contributed by atoms with E-state index in [1.165, 1.54) is 4.88 Å². The minimum absolute atomic E-state index is 0.160. The molecule has 0 unspecified atom stereocenters. The van der Waals surface area contributed by atoms with Gasteiger partial charge in [-0.05, 0) is 48.9 Å². The smallest absolute Gasteiger partial charge is 0.259 e. The third-order valence-electron chi connectivity index (χ3n) is 4.64. The van der Waals surface area contributed by atoms with Crippen LogP contribution in [0.3, 0.4) is 0 Å². The molecule has 1 atom stereocenters. The van der Waals surface area contributed by atoms with Gasteiger partial charge in [-0.2, -0.15) is 0 Å². The summed E-state index contributed by atoms with van der Waals surface area (Å²) in [5.74, 6) is -0.312. The zero-order valence-corrected chi connectivity index (χ0v) is 14.0. The van der Waals surface area contributed by atoms with Crippen molar-refractivity contribution in [2.45, 2.75) is 26.2 Å². The highest BCUT2D eigenvalue weighted by Crippen LogP contribution is 2.33. The highest BCUT2D eigenvalue weighted by Gasteiger charge is 2.27. The molecule has 2 heterocycles. The van der Waals surface area contributed by atoms with E-state index in [9.17, 15) is 14.4 Å². The molecule has 4 rings (SSSR count). The Morgan fingerprint density at radius 1 is 1.25 bits per heavy atom. The van der Waals surface area contributed by atoms with Crippen LogP contribution in [-0.4, -0.2) is 17.7 Å². The Hall–Kier alpha value is -2.47. The summed E-state index contributed by atoms with van der Waals surface area (Å²) in [6, 6.07) is 4.76. The van der Waals surface area contributed by atoms with Gasteiger partial charge in [0.15, 0.2) is 0 Å². The Kier molecular flexibility index (Phi) is 3.49. The van der Waals surface area contributed by atoms with Gasteiger partial charge in [-0.3, -0.25) is 19.7 Å². The number of fused-ring (bicyclic) bond motifs is 2. The SMILES string of the molecule is C[C@H]1CCc2c(C(=O)Nc3ccc4c(c3)C(=O)NC4=O)csc2C1. The Labute approximate surface area is 143 Å². The molecule has 5 nitrogen and oxygen atoms in total. The summed E-state index contributed by atoms with van der Waals surface area (Å²) < 4.78 is 0. The first-order chi connectivity index (χ1) is 11.5. The van der Waals surface area contributed by atoms with Crippen molar-refractivity contribution in [2.24, 2.45) is 5.92 Å². The van der Waals surface area contributed by atoms with Gasteiger partial charge in [0, 0.05) is 15.9 Å². The number of benzene rings is 1. The van der Waals surface area contributed by atoms with Gasteiger partial charge in [0.05, 0.1) is 16.7 Å². The van der Waals surface area contributed by atoms with Crippen LogP contribution in [0.15, 0.2) is 23.6 Å². The fourth-order valence-electron chi connectivity index (χ4n) is 3.31.